The Bertz CT molecular complexity index is 250. The fourth-order valence-electron chi connectivity index (χ4n) is 2.02. The summed E-state index contributed by atoms with van der Waals surface area (Å²) < 4.78 is 10.1. The molecule has 0 bridgehead atoms. The van der Waals surface area contributed by atoms with E-state index in [4.69, 9.17) is 9.47 Å². The summed E-state index contributed by atoms with van der Waals surface area (Å²) in [6.45, 7) is 1.50. The summed E-state index contributed by atoms with van der Waals surface area (Å²) in [5, 5.41) is 12.6. The first kappa shape index (κ1) is 14.4. The third kappa shape index (κ3) is 3.92. The molecule has 17 heavy (non-hydrogen) atoms. The molecular weight excluding hydrogens is 224 g/mol. The molecule has 2 N–H and O–H groups in total. The van der Waals surface area contributed by atoms with Crippen molar-refractivity contribution in [2.24, 2.45) is 5.92 Å². The van der Waals surface area contributed by atoms with Gasteiger partial charge in [0, 0.05) is 26.7 Å². The van der Waals surface area contributed by atoms with Crippen LogP contribution in [-0.4, -0.2) is 75.6 Å². The Morgan fingerprint density at radius 2 is 2.35 bits per heavy atom. The van der Waals surface area contributed by atoms with Crippen LogP contribution in [0.2, 0.25) is 0 Å². The molecular formula is C11H22N2O4. The lowest BCUT2D eigenvalue weighted by Gasteiger charge is -2.25. The standard InChI is InChI=1S/C11H22N2O4/c1-12-10-7-17-6-9(10)11(15)13(2)4-8(14)5-16-3/h8-10,12,14H,4-7H2,1-3H3. The summed E-state index contributed by atoms with van der Waals surface area (Å²) in [5.41, 5.74) is 0. The number of aliphatic hydroxyl groups is 1. The number of likely N-dealkylation sites (N-methyl/N-ethyl adjacent to an activating group) is 2. The number of ether oxygens (including phenoxy) is 2. The maximum Gasteiger partial charge on any atom is 0.229 e. The Morgan fingerprint density at radius 1 is 1.65 bits per heavy atom. The monoisotopic (exact) mass is 246 g/mol. The molecule has 1 aliphatic rings. The van der Waals surface area contributed by atoms with Crippen LogP contribution in [0.3, 0.4) is 0 Å². The molecule has 6 heteroatoms. The summed E-state index contributed by atoms with van der Waals surface area (Å²) in [5.74, 6) is -0.170. The predicted octanol–water partition coefficient (Wildman–Crippen LogP) is -1.31. The van der Waals surface area contributed by atoms with Crippen molar-refractivity contribution in [1.29, 1.82) is 0 Å². The third-order valence-corrected chi connectivity index (χ3v) is 2.99. The number of hydrogen-bond acceptors (Lipinski definition) is 5. The highest BCUT2D eigenvalue weighted by molar-refractivity contribution is 5.79. The molecule has 0 spiro atoms. The van der Waals surface area contributed by atoms with Gasteiger partial charge in [-0.15, -0.1) is 0 Å². The van der Waals surface area contributed by atoms with Gasteiger partial charge < -0.3 is 24.8 Å². The molecule has 0 aromatic carbocycles. The number of aliphatic hydroxyl groups excluding tert-OH is 1. The molecule has 0 aromatic rings. The van der Waals surface area contributed by atoms with E-state index in [1.165, 1.54) is 12.0 Å². The molecule has 3 atom stereocenters. The van der Waals surface area contributed by atoms with E-state index in [-0.39, 0.29) is 31.0 Å². The molecule has 1 saturated heterocycles. The van der Waals surface area contributed by atoms with E-state index in [0.717, 1.165) is 0 Å². The first-order valence-corrected chi connectivity index (χ1v) is 5.77. The maximum atomic E-state index is 12.1. The van der Waals surface area contributed by atoms with Gasteiger partial charge in [-0.2, -0.15) is 0 Å². The number of methoxy groups -OCH3 is 1. The van der Waals surface area contributed by atoms with Crippen molar-refractivity contribution in [2.45, 2.75) is 12.1 Å². The van der Waals surface area contributed by atoms with Gasteiger partial charge in [-0.25, -0.2) is 0 Å². The molecule has 1 heterocycles. The Balaban J connectivity index is 2.45. The van der Waals surface area contributed by atoms with Crippen molar-refractivity contribution < 1.29 is 19.4 Å². The Kier molecular flexibility index (Phi) is 5.84. The summed E-state index contributed by atoms with van der Waals surface area (Å²) >= 11 is 0. The molecule has 100 valence electrons. The number of hydrogen-bond donors (Lipinski definition) is 2. The highest BCUT2D eigenvalue weighted by Crippen LogP contribution is 2.16. The molecule has 6 nitrogen and oxygen atoms in total. The molecule has 1 fully saturated rings. The highest BCUT2D eigenvalue weighted by Gasteiger charge is 2.35. The first-order valence-electron chi connectivity index (χ1n) is 5.77. The van der Waals surface area contributed by atoms with Crippen LogP contribution in [0.25, 0.3) is 0 Å². The maximum absolute atomic E-state index is 12.1. The Labute approximate surface area is 102 Å². The topological polar surface area (TPSA) is 71.0 Å². The van der Waals surface area contributed by atoms with Crippen molar-refractivity contribution >= 4 is 5.91 Å². The van der Waals surface area contributed by atoms with E-state index in [2.05, 4.69) is 5.32 Å². The van der Waals surface area contributed by atoms with Crippen LogP contribution in [0.4, 0.5) is 0 Å². The molecule has 3 unspecified atom stereocenters. The van der Waals surface area contributed by atoms with Gasteiger partial charge in [-0.05, 0) is 7.05 Å². The second kappa shape index (κ2) is 6.90. The minimum Gasteiger partial charge on any atom is -0.389 e. The van der Waals surface area contributed by atoms with Gasteiger partial charge in [-0.3, -0.25) is 4.79 Å². The van der Waals surface area contributed by atoms with Crippen LogP contribution in [0.15, 0.2) is 0 Å². The van der Waals surface area contributed by atoms with Crippen molar-refractivity contribution in [1.82, 2.24) is 10.2 Å². The zero-order valence-electron chi connectivity index (χ0n) is 10.7. The van der Waals surface area contributed by atoms with E-state index in [0.29, 0.717) is 13.2 Å². The number of amides is 1. The van der Waals surface area contributed by atoms with E-state index in [9.17, 15) is 9.90 Å². The Hall–Kier alpha value is -0.690. The number of carbonyl (C=O) groups excluding carboxylic acids is 1. The molecule has 1 rings (SSSR count). The fraction of sp³-hybridized carbons (Fsp3) is 0.909. The summed E-state index contributed by atoms with van der Waals surface area (Å²) in [7, 11) is 5.03. The van der Waals surface area contributed by atoms with Gasteiger partial charge in [-0.1, -0.05) is 0 Å². The van der Waals surface area contributed by atoms with Crippen LogP contribution in [0, 0.1) is 5.92 Å². The zero-order chi connectivity index (χ0) is 12.8. The van der Waals surface area contributed by atoms with Crippen LogP contribution >= 0.6 is 0 Å². The molecule has 0 aromatic heterocycles. The van der Waals surface area contributed by atoms with Gasteiger partial charge in [0.2, 0.25) is 5.91 Å². The highest BCUT2D eigenvalue weighted by atomic mass is 16.5. The molecule has 0 saturated carbocycles. The summed E-state index contributed by atoms with van der Waals surface area (Å²) in [4.78, 5) is 13.6. The van der Waals surface area contributed by atoms with E-state index in [1.807, 2.05) is 7.05 Å². The summed E-state index contributed by atoms with van der Waals surface area (Å²) in [6, 6.07) is 0.0597. The average Bonchev–Trinajstić information content (AvgIpc) is 2.76. The SMILES string of the molecule is CNC1COCC1C(=O)N(C)CC(O)COC. The van der Waals surface area contributed by atoms with Crippen LogP contribution in [0.5, 0.6) is 0 Å². The zero-order valence-corrected chi connectivity index (χ0v) is 10.7. The van der Waals surface area contributed by atoms with Gasteiger partial charge in [0.1, 0.15) is 0 Å². The second-order valence-electron chi connectivity index (χ2n) is 4.37. The summed E-state index contributed by atoms with van der Waals surface area (Å²) in [6.07, 6.45) is -0.649. The molecule has 1 aliphatic heterocycles. The number of carbonyl (C=O) groups is 1. The average molecular weight is 246 g/mol. The van der Waals surface area contributed by atoms with Gasteiger partial charge >= 0.3 is 0 Å². The normalized spacial score (nSPS) is 25.9. The van der Waals surface area contributed by atoms with Gasteiger partial charge in [0.25, 0.3) is 0 Å². The Morgan fingerprint density at radius 3 is 2.94 bits per heavy atom. The quantitative estimate of drug-likeness (QED) is 0.609. The molecule has 0 radical (unpaired) electrons. The number of rotatable bonds is 6. The van der Waals surface area contributed by atoms with Crippen LogP contribution in [-0.2, 0) is 14.3 Å². The first-order chi connectivity index (χ1) is 8.10. The van der Waals surface area contributed by atoms with E-state index in [1.54, 1.807) is 7.05 Å². The molecule has 1 amide bonds. The van der Waals surface area contributed by atoms with Crippen molar-refractivity contribution in [2.75, 3.05) is 47.6 Å². The lowest BCUT2D eigenvalue weighted by molar-refractivity contribution is -0.136. The van der Waals surface area contributed by atoms with Gasteiger partial charge in [0.15, 0.2) is 0 Å². The van der Waals surface area contributed by atoms with Crippen LogP contribution < -0.4 is 5.32 Å². The third-order valence-electron chi connectivity index (χ3n) is 2.99. The predicted molar refractivity (Wildman–Crippen MR) is 62.7 cm³/mol. The van der Waals surface area contributed by atoms with Crippen molar-refractivity contribution in [3.05, 3.63) is 0 Å². The van der Waals surface area contributed by atoms with Crippen LogP contribution in [0.1, 0.15) is 0 Å². The smallest absolute Gasteiger partial charge is 0.229 e. The number of nitrogens with zero attached hydrogens (tertiary/aromatic N) is 1. The lowest BCUT2D eigenvalue weighted by atomic mass is 10.0. The fourth-order valence-corrected chi connectivity index (χ4v) is 2.02. The largest absolute Gasteiger partial charge is 0.389 e. The second-order valence-corrected chi connectivity index (χ2v) is 4.37. The molecule has 0 aliphatic carbocycles. The van der Waals surface area contributed by atoms with E-state index >= 15 is 0 Å². The number of nitrogens with one attached hydrogen (secondary N) is 1. The van der Waals surface area contributed by atoms with E-state index < -0.39 is 6.10 Å². The lowest BCUT2D eigenvalue weighted by Crippen LogP contribution is -2.45. The minimum absolute atomic E-state index is 0.00277. The minimum atomic E-state index is -0.649. The van der Waals surface area contributed by atoms with Crippen molar-refractivity contribution in [3.8, 4) is 0 Å². The van der Waals surface area contributed by atoms with Crippen molar-refractivity contribution in [3.63, 3.8) is 0 Å². The van der Waals surface area contributed by atoms with Gasteiger partial charge in [0.05, 0.1) is 31.8 Å².